The molecule has 2 aromatic rings. The summed E-state index contributed by atoms with van der Waals surface area (Å²) in [6.45, 7) is 1.31. The molecule has 7 heteroatoms. The SMILES string of the molecule is CNC(=O)NC1CCN(C(=O)c2c(C3CC3)nn3ccccc23)CC1. The monoisotopic (exact) mass is 341 g/mol. The van der Waals surface area contributed by atoms with Crippen molar-refractivity contribution in [1.82, 2.24) is 25.1 Å². The molecule has 4 rings (SSSR count). The summed E-state index contributed by atoms with van der Waals surface area (Å²) in [7, 11) is 1.61. The van der Waals surface area contributed by atoms with Crippen molar-refractivity contribution < 1.29 is 9.59 Å². The van der Waals surface area contributed by atoms with Gasteiger partial charge in [0.15, 0.2) is 0 Å². The van der Waals surface area contributed by atoms with Gasteiger partial charge in [-0.3, -0.25) is 4.79 Å². The van der Waals surface area contributed by atoms with Crippen LogP contribution >= 0.6 is 0 Å². The summed E-state index contributed by atoms with van der Waals surface area (Å²) in [6, 6.07) is 5.80. The highest BCUT2D eigenvalue weighted by Crippen LogP contribution is 2.42. The van der Waals surface area contributed by atoms with Crippen LogP contribution in [0.25, 0.3) is 5.52 Å². The van der Waals surface area contributed by atoms with Crippen LogP contribution in [0.3, 0.4) is 0 Å². The lowest BCUT2D eigenvalue weighted by atomic mass is 10.0. The number of urea groups is 1. The molecule has 132 valence electrons. The normalized spacial score (nSPS) is 18.4. The average Bonchev–Trinajstić information content (AvgIpc) is 3.42. The number of nitrogens with zero attached hydrogens (tertiary/aromatic N) is 3. The number of aromatic nitrogens is 2. The molecule has 1 saturated carbocycles. The number of nitrogens with one attached hydrogen (secondary N) is 2. The first-order valence-electron chi connectivity index (χ1n) is 8.92. The number of hydrogen-bond donors (Lipinski definition) is 2. The molecular formula is C18H23N5O2. The number of likely N-dealkylation sites (tertiary alicyclic amines) is 1. The quantitative estimate of drug-likeness (QED) is 0.893. The van der Waals surface area contributed by atoms with E-state index in [9.17, 15) is 9.59 Å². The van der Waals surface area contributed by atoms with E-state index in [4.69, 9.17) is 0 Å². The topological polar surface area (TPSA) is 78.7 Å². The molecule has 0 aromatic carbocycles. The largest absolute Gasteiger partial charge is 0.341 e. The number of amides is 3. The van der Waals surface area contributed by atoms with Crippen LogP contribution in [0.15, 0.2) is 24.4 Å². The Morgan fingerprint density at radius 2 is 1.92 bits per heavy atom. The van der Waals surface area contributed by atoms with Crippen molar-refractivity contribution in [2.24, 2.45) is 0 Å². The fraction of sp³-hybridized carbons (Fsp3) is 0.500. The van der Waals surface area contributed by atoms with E-state index >= 15 is 0 Å². The predicted octanol–water partition coefficient (Wildman–Crippen LogP) is 1.75. The summed E-state index contributed by atoms with van der Waals surface area (Å²) < 4.78 is 1.82. The van der Waals surface area contributed by atoms with Crippen LogP contribution in [-0.4, -0.2) is 52.6 Å². The van der Waals surface area contributed by atoms with Crippen LogP contribution < -0.4 is 10.6 Å². The average molecular weight is 341 g/mol. The van der Waals surface area contributed by atoms with Crippen molar-refractivity contribution in [3.8, 4) is 0 Å². The lowest BCUT2D eigenvalue weighted by molar-refractivity contribution is 0.0709. The van der Waals surface area contributed by atoms with Gasteiger partial charge < -0.3 is 15.5 Å². The van der Waals surface area contributed by atoms with Crippen molar-refractivity contribution in [1.29, 1.82) is 0 Å². The highest BCUT2D eigenvalue weighted by molar-refractivity contribution is 6.02. The summed E-state index contributed by atoms with van der Waals surface area (Å²) in [4.78, 5) is 26.5. The number of hydrogen-bond acceptors (Lipinski definition) is 3. The Bertz CT molecular complexity index is 803. The summed E-state index contributed by atoms with van der Waals surface area (Å²) in [5.41, 5.74) is 2.60. The van der Waals surface area contributed by atoms with Gasteiger partial charge in [0.05, 0.1) is 16.8 Å². The Balaban J connectivity index is 1.53. The second kappa shape index (κ2) is 6.38. The van der Waals surface area contributed by atoms with Crippen molar-refractivity contribution in [2.45, 2.75) is 37.6 Å². The fourth-order valence-electron chi connectivity index (χ4n) is 3.52. The molecule has 7 nitrogen and oxygen atoms in total. The van der Waals surface area contributed by atoms with E-state index < -0.39 is 0 Å². The van der Waals surface area contributed by atoms with Gasteiger partial charge in [-0.25, -0.2) is 9.31 Å². The van der Waals surface area contributed by atoms with Gasteiger partial charge in [0.25, 0.3) is 5.91 Å². The van der Waals surface area contributed by atoms with Gasteiger partial charge in [0, 0.05) is 38.3 Å². The maximum Gasteiger partial charge on any atom is 0.314 e. The minimum atomic E-state index is -0.163. The number of fused-ring (bicyclic) bond motifs is 1. The van der Waals surface area contributed by atoms with Gasteiger partial charge in [-0.05, 0) is 37.8 Å². The molecule has 3 heterocycles. The maximum atomic E-state index is 13.2. The van der Waals surface area contributed by atoms with Crippen LogP contribution in [0.2, 0.25) is 0 Å². The maximum absolute atomic E-state index is 13.2. The third-order valence-electron chi connectivity index (χ3n) is 5.09. The molecular weight excluding hydrogens is 318 g/mol. The Morgan fingerprint density at radius 1 is 1.16 bits per heavy atom. The standard InChI is InChI=1S/C18H23N5O2/c1-19-18(25)20-13-7-10-22(11-8-13)17(24)15-14-4-2-3-9-23(14)21-16(15)12-5-6-12/h2-4,9,12-13H,5-8,10-11H2,1H3,(H2,19,20,25). The van der Waals surface area contributed by atoms with Crippen LogP contribution in [0.4, 0.5) is 4.79 Å². The molecule has 1 saturated heterocycles. The lowest BCUT2D eigenvalue weighted by Crippen LogP contribution is -2.48. The molecule has 0 spiro atoms. The Kier molecular flexibility index (Phi) is 4.07. The third kappa shape index (κ3) is 3.06. The van der Waals surface area contributed by atoms with E-state index in [0.29, 0.717) is 19.0 Å². The van der Waals surface area contributed by atoms with E-state index in [0.717, 1.165) is 42.5 Å². The van der Waals surface area contributed by atoms with Crippen molar-refractivity contribution in [2.75, 3.05) is 20.1 Å². The Morgan fingerprint density at radius 3 is 2.60 bits per heavy atom. The number of carbonyl (C=O) groups is 2. The van der Waals surface area contributed by atoms with E-state index in [1.165, 1.54) is 0 Å². The third-order valence-corrected chi connectivity index (χ3v) is 5.09. The molecule has 0 atom stereocenters. The van der Waals surface area contributed by atoms with Crippen LogP contribution in [0, 0.1) is 0 Å². The highest BCUT2D eigenvalue weighted by atomic mass is 16.2. The minimum absolute atomic E-state index is 0.0708. The van der Waals surface area contributed by atoms with Crippen molar-refractivity contribution in [3.63, 3.8) is 0 Å². The van der Waals surface area contributed by atoms with Gasteiger partial charge >= 0.3 is 6.03 Å². The second-order valence-electron chi connectivity index (χ2n) is 6.85. The van der Waals surface area contributed by atoms with Crippen molar-refractivity contribution in [3.05, 3.63) is 35.7 Å². The molecule has 2 aromatic heterocycles. The highest BCUT2D eigenvalue weighted by Gasteiger charge is 2.35. The molecule has 1 aliphatic carbocycles. The zero-order chi connectivity index (χ0) is 17.4. The van der Waals surface area contributed by atoms with E-state index in [1.54, 1.807) is 7.05 Å². The molecule has 2 fully saturated rings. The molecule has 2 N–H and O–H groups in total. The first-order valence-corrected chi connectivity index (χ1v) is 8.92. The Hall–Kier alpha value is -2.57. The molecule has 0 radical (unpaired) electrons. The zero-order valence-corrected chi connectivity index (χ0v) is 14.4. The fourth-order valence-corrected chi connectivity index (χ4v) is 3.52. The van der Waals surface area contributed by atoms with Crippen LogP contribution in [-0.2, 0) is 0 Å². The molecule has 0 unspecified atom stereocenters. The first kappa shape index (κ1) is 15.9. The number of carbonyl (C=O) groups excluding carboxylic acids is 2. The second-order valence-corrected chi connectivity index (χ2v) is 6.85. The summed E-state index contributed by atoms with van der Waals surface area (Å²) >= 11 is 0. The lowest BCUT2D eigenvalue weighted by Gasteiger charge is -2.32. The molecule has 2 aliphatic rings. The van der Waals surface area contributed by atoms with E-state index in [-0.39, 0.29) is 18.0 Å². The van der Waals surface area contributed by atoms with Crippen LogP contribution in [0.5, 0.6) is 0 Å². The van der Waals surface area contributed by atoms with Gasteiger partial charge in [0.2, 0.25) is 0 Å². The Labute approximate surface area is 146 Å². The predicted molar refractivity (Wildman–Crippen MR) is 93.7 cm³/mol. The smallest absolute Gasteiger partial charge is 0.314 e. The summed E-state index contributed by atoms with van der Waals surface area (Å²) in [5.74, 6) is 0.493. The van der Waals surface area contributed by atoms with E-state index in [2.05, 4.69) is 15.7 Å². The zero-order valence-electron chi connectivity index (χ0n) is 14.4. The van der Waals surface area contributed by atoms with E-state index in [1.807, 2.05) is 33.8 Å². The van der Waals surface area contributed by atoms with Crippen molar-refractivity contribution >= 4 is 17.5 Å². The van der Waals surface area contributed by atoms with Gasteiger partial charge in [0.1, 0.15) is 0 Å². The number of pyridine rings is 1. The molecule has 25 heavy (non-hydrogen) atoms. The molecule has 0 bridgehead atoms. The number of piperidine rings is 1. The van der Waals surface area contributed by atoms with Crippen LogP contribution in [0.1, 0.15) is 47.7 Å². The van der Waals surface area contributed by atoms with Gasteiger partial charge in [-0.2, -0.15) is 5.10 Å². The summed E-state index contributed by atoms with van der Waals surface area (Å²) in [6.07, 6.45) is 5.68. The first-order chi connectivity index (χ1) is 12.2. The molecule has 1 aliphatic heterocycles. The van der Waals surface area contributed by atoms with Gasteiger partial charge in [-0.1, -0.05) is 6.07 Å². The van der Waals surface area contributed by atoms with Gasteiger partial charge in [-0.15, -0.1) is 0 Å². The minimum Gasteiger partial charge on any atom is -0.341 e. The summed E-state index contributed by atoms with van der Waals surface area (Å²) in [5, 5.41) is 10.2. The molecule has 3 amide bonds. The number of rotatable bonds is 3.